The van der Waals surface area contributed by atoms with E-state index in [1.54, 1.807) is 30.3 Å². The SMILES string of the molecule is Cc1csc(/C(C#N)=C/c2ccccc2OCC(=O)O)n1. The van der Waals surface area contributed by atoms with E-state index in [0.29, 0.717) is 21.9 Å². The molecule has 1 heterocycles. The lowest BCUT2D eigenvalue weighted by Gasteiger charge is -2.06. The summed E-state index contributed by atoms with van der Waals surface area (Å²) in [6.45, 7) is 1.43. The van der Waals surface area contributed by atoms with Gasteiger partial charge < -0.3 is 9.84 Å². The number of ether oxygens (including phenoxy) is 1. The fourth-order valence-electron chi connectivity index (χ4n) is 1.65. The summed E-state index contributed by atoms with van der Waals surface area (Å²) in [6, 6.07) is 9.07. The van der Waals surface area contributed by atoms with Gasteiger partial charge in [-0.3, -0.25) is 0 Å². The van der Waals surface area contributed by atoms with Crippen molar-refractivity contribution in [3.63, 3.8) is 0 Å². The number of nitrogens with zero attached hydrogens (tertiary/aromatic N) is 2. The molecule has 0 spiro atoms. The Morgan fingerprint density at radius 3 is 2.90 bits per heavy atom. The number of allylic oxidation sites excluding steroid dienone is 1. The van der Waals surface area contributed by atoms with Crippen molar-refractivity contribution in [1.29, 1.82) is 5.26 Å². The molecule has 1 N–H and O–H groups in total. The Balaban J connectivity index is 2.34. The van der Waals surface area contributed by atoms with E-state index in [1.165, 1.54) is 11.3 Å². The van der Waals surface area contributed by atoms with Crippen LogP contribution in [0.5, 0.6) is 5.75 Å². The Labute approximate surface area is 125 Å². The molecule has 0 aliphatic heterocycles. The van der Waals surface area contributed by atoms with E-state index in [2.05, 4.69) is 11.1 Å². The van der Waals surface area contributed by atoms with Crippen molar-refractivity contribution >= 4 is 29.0 Å². The normalized spacial score (nSPS) is 11.0. The number of aromatic nitrogens is 1. The van der Waals surface area contributed by atoms with E-state index in [4.69, 9.17) is 9.84 Å². The standard InChI is InChI=1S/C15H12N2O3S/c1-10-9-21-15(17-10)12(7-16)6-11-4-2-3-5-13(11)20-8-14(18)19/h2-6,9H,8H2,1H3,(H,18,19)/b12-6+. The van der Waals surface area contributed by atoms with E-state index in [9.17, 15) is 10.1 Å². The van der Waals surface area contributed by atoms with Crippen LogP contribution in [0.2, 0.25) is 0 Å². The number of hydrogen-bond donors (Lipinski definition) is 1. The smallest absolute Gasteiger partial charge is 0.341 e. The third-order valence-corrected chi connectivity index (χ3v) is 3.53. The van der Waals surface area contributed by atoms with Crippen molar-refractivity contribution in [3.8, 4) is 11.8 Å². The molecule has 0 saturated heterocycles. The molecule has 6 heteroatoms. The zero-order chi connectivity index (χ0) is 15.2. The minimum absolute atomic E-state index is 0.416. The van der Waals surface area contributed by atoms with Crippen LogP contribution in [0.4, 0.5) is 0 Å². The minimum atomic E-state index is -1.05. The van der Waals surface area contributed by atoms with Gasteiger partial charge in [-0.15, -0.1) is 11.3 Å². The van der Waals surface area contributed by atoms with E-state index in [-0.39, 0.29) is 0 Å². The van der Waals surface area contributed by atoms with E-state index >= 15 is 0 Å². The lowest BCUT2D eigenvalue weighted by atomic mass is 10.1. The predicted molar refractivity (Wildman–Crippen MR) is 79.9 cm³/mol. The van der Waals surface area contributed by atoms with E-state index in [0.717, 1.165) is 5.69 Å². The molecule has 0 radical (unpaired) electrons. The summed E-state index contributed by atoms with van der Waals surface area (Å²) in [5, 5.41) is 20.4. The molecule has 0 saturated carbocycles. The summed E-state index contributed by atoms with van der Waals surface area (Å²) in [6.07, 6.45) is 1.65. The molecule has 0 fully saturated rings. The molecule has 0 aliphatic rings. The van der Waals surface area contributed by atoms with Gasteiger partial charge in [0.15, 0.2) is 6.61 Å². The number of carboxylic acids is 1. The Kier molecular flexibility index (Phi) is 4.69. The molecule has 1 aromatic heterocycles. The first-order chi connectivity index (χ1) is 10.1. The summed E-state index contributed by atoms with van der Waals surface area (Å²) < 4.78 is 5.21. The van der Waals surface area contributed by atoms with Crippen molar-refractivity contribution in [2.75, 3.05) is 6.61 Å². The van der Waals surface area contributed by atoms with E-state index < -0.39 is 12.6 Å². The number of rotatable bonds is 5. The fraction of sp³-hybridized carbons (Fsp3) is 0.133. The Hall–Kier alpha value is -2.65. The number of para-hydroxylation sites is 1. The van der Waals surface area contributed by atoms with Crippen molar-refractivity contribution in [3.05, 3.63) is 45.9 Å². The molecule has 1 aromatic carbocycles. The first-order valence-corrected chi connectivity index (χ1v) is 6.96. The average molecular weight is 300 g/mol. The summed E-state index contributed by atoms with van der Waals surface area (Å²) in [4.78, 5) is 14.9. The van der Waals surface area contributed by atoms with Crippen LogP contribution in [0.3, 0.4) is 0 Å². The maximum Gasteiger partial charge on any atom is 0.341 e. The molecule has 5 nitrogen and oxygen atoms in total. The second-order valence-electron chi connectivity index (χ2n) is 4.18. The van der Waals surface area contributed by atoms with Crippen LogP contribution in [0.25, 0.3) is 11.6 Å². The zero-order valence-electron chi connectivity index (χ0n) is 11.2. The van der Waals surface area contributed by atoms with E-state index in [1.807, 2.05) is 12.3 Å². The predicted octanol–water partition coefficient (Wildman–Crippen LogP) is 2.98. The van der Waals surface area contributed by atoms with Gasteiger partial charge in [0.1, 0.15) is 16.8 Å². The van der Waals surface area contributed by atoms with Gasteiger partial charge in [-0.25, -0.2) is 9.78 Å². The van der Waals surface area contributed by atoms with Crippen LogP contribution in [0, 0.1) is 18.3 Å². The summed E-state index contributed by atoms with van der Waals surface area (Å²) >= 11 is 1.39. The minimum Gasteiger partial charge on any atom is -0.481 e. The van der Waals surface area contributed by atoms with Crippen molar-refractivity contribution in [2.24, 2.45) is 0 Å². The number of aliphatic carboxylic acids is 1. The van der Waals surface area contributed by atoms with Crippen LogP contribution < -0.4 is 4.74 Å². The summed E-state index contributed by atoms with van der Waals surface area (Å²) in [5.74, 6) is -0.634. The van der Waals surface area contributed by atoms with Gasteiger partial charge in [-0.2, -0.15) is 5.26 Å². The van der Waals surface area contributed by atoms with Crippen LogP contribution in [0.1, 0.15) is 16.3 Å². The molecule has 0 bridgehead atoms. The number of hydrogen-bond acceptors (Lipinski definition) is 5. The highest BCUT2D eigenvalue weighted by Gasteiger charge is 2.09. The number of aryl methyl sites for hydroxylation is 1. The highest BCUT2D eigenvalue weighted by molar-refractivity contribution is 7.11. The quantitative estimate of drug-likeness (QED) is 0.858. The van der Waals surface area contributed by atoms with Crippen LogP contribution in [-0.4, -0.2) is 22.7 Å². The van der Waals surface area contributed by atoms with Gasteiger partial charge in [-0.05, 0) is 19.1 Å². The molecule has 0 aliphatic carbocycles. The van der Waals surface area contributed by atoms with Crippen LogP contribution in [-0.2, 0) is 4.79 Å². The molecule has 21 heavy (non-hydrogen) atoms. The Bertz CT molecular complexity index is 729. The molecule has 0 atom stereocenters. The number of thiazole rings is 1. The number of benzene rings is 1. The maximum absolute atomic E-state index is 10.6. The molecule has 2 aromatic rings. The summed E-state index contributed by atoms with van der Waals surface area (Å²) in [5.41, 5.74) is 1.91. The molecule has 0 unspecified atom stereocenters. The molecule has 106 valence electrons. The average Bonchev–Trinajstić information content (AvgIpc) is 2.90. The van der Waals surface area contributed by atoms with Crippen LogP contribution in [0.15, 0.2) is 29.6 Å². The number of carbonyl (C=O) groups is 1. The number of nitriles is 1. The van der Waals surface area contributed by atoms with Gasteiger partial charge in [0.25, 0.3) is 0 Å². The first-order valence-electron chi connectivity index (χ1n) is 6.08. The molecular formula is C15H12N2O3S. The van der Waals surface area contributed by atoms with Crippen molar-refractivity contribution < 1.29 is 14.6 Å². The second-order valence-corrected chi connectivity index (χ2v) is 5.04. The van der Waals surface area contributed by atoms with Crippen LogP contribution >= 0.6 is 11.3 Å². The Morgan fingerprint density at radius 1 is 1.52 bits per heavy atom. The zero-order valence-corrected chi connectivity index (χ0v) is 12.1. The van der Waals surface area contributed by atoms with Gasteiger partial charge in [0.2, 0.25) is 0 Å². The van der Waals surface area contributed by atoms with Gasteiger partial charge in [0, 0.05) is 16.6 Å². The molecule has 2 rings (SSSR count). The molecular weight excluding hydrogens is 288 g/mol. The van der Waals surface area contributed by atoms with Crippen molar-refractivity contribution in [1.82, 2.24) is 4.98 Å². The lowest BCUT2D eigenvalue weighted by molar-refractivity contribution is -0.139. The highest BCUT2D eigenvalue weighted by Crippen LogP contribution is 2.26. The largest absolute Gasteiger partial charge is 0.481 e. The van der Waals surface area contributed by atoms with Crippen molar-refractivity contribution in [2.45, 2.75) is 6.92 Å². The third-order valence-electron chi connectivity index (χ3n) is 2.54. The molecule has 0 amide bonds. The van der Waals surface area contributed by atoms with Gasteiger partial charge in [-0.1, -0.05) is 18.2 Å². The lowest BCUT2D eigenvalue weighted by Crippen LogP contribution is -2.09. The fourth-order valence-corrected chi connectivity index (χ4v) is 2.41. The van der Waals surface area contributed by atoms with Gasteiger partial charge in [0.05, 0.1) is 5.57 Å². The Morgan fingerprint density at radius 2 is 2.29 bits per heavy atom. The maximum atomic E-state index is 10.6. The third kappa shape index (κ3) is 3.91. The first kappa shape index (κ1) is 14.8. The highest BCUT2D eigenvalue weighted by atomic mass is 32.1. The monoisotopic (exact) mass is 300 g/mol. The van der Waals surface area contributed by atoms with Gasteiger partial charge >= 0.3 is 5.97 Å². The second kappa shape index (κ2) is 6.68. The number of carboxylic acid groups (broad SMARTS) is 1. The topological polar surface area (TPSA) is 83.2 Å². The summed E-state index contributed by atoms with van der Waals surface area (Å²) in [7, 11) is 0.